The number of methoxy groups -OCH3 is 1. The molecule has 1 aromatic carbocycles. The number of Topliss-reactive ketones (excluding diaryl/α,β-unsaturated/α-hetero) is 1. The Labute approximate surface area is 184 Å². The van der Waals surface area contributed by atoms with E-state index >= 15 is 0 Å². The zero-order chi connectivity index (χ0) is 22.5. The van der Waals surface area contributed by atoms with E-state index in [4.69, 9.17) is 9.47 Å². The van der Waals surface area contributed by atoms with Crippen LogP contribution in [0.5, 0.6) is 5.75 Å². The van der Waals surface area contributed by atoms with Crippen molar-refractivity contribution in [2.24, 2.45) is 0 Å². The summed E-state index contributed by atoms with van der Waals surface area (Å²) in [4.78, 5) is 31.4. The normalized spacial score (nSPS) is 18.6. The van der Waals surface area contributed by atoms with Crippen molar-refractivity contribution in [2.75, 3.05) is 46.4 Å². The van der Waals surface area contributed by atoms with Crippen molar-refractivity contribution in [3.63, 3.8) is 0 Å². The number of esters is 1. The number of nitrogens with one attached hydrogen (secondary N) is 3. The summed E-state index contributed by atoms with van der Waals surface area (Å²) in [5, 5.41) is 0. The second kappa shape index (κ2) is 10.1. The topological polar surface area (TPSA) is 77.3 Å². The summed E-state index contributed by atoms with van der Waals surface area (Å²) >= 11 is 0. The first-order valence-corrected chi connectivity index (χ1v) is 11.0. The number of hydrogen-bond donors (Lipinski definition) is 3. The number of piperazine rings is 1. The lowest BCUT2D eigenvalue weighted by atomic mass is 10.0. The molecule has 1 aliphatic heterocycles. The quantitative estimate of drug-likeness (QED) is 0.417. The van der Waals surface area contributed by atoms with E-state index in [9.17, 15) is 9.59 Å². The maximum atomic E-state index is 13.1. The Morgan fingerprint density at radius 3 is 2.29 bits per heavy atom. The monoisotopic (exact) mass is 429 g/mol. The van der Waals surface area contributed by atoms with Crippen molar-refractivity contribution in [1.82, 2.24) is 4.98 Å². The second-order valence-corrected chi connectivity index (χ2v) is 8.44. The van der Waals surface area contributed by atoms with Crippen molar-refractivity contribution >= 4 is 11.8 Å². The Morgan fingerprint density at radius 1 is 1.00 bits per heavy atom. The van der Waals surface area contributed by atoms with Crippen LogP contribution < -0.4 is 14.5 Å². The molecule has 1 aliphatic rings. The van der Waals surface area contributed by atoms with Gasteiger partial charge in [0.25, 0.3) is 0 Å². The first-order valence-electron chi connectivity index (χ1n) is 11.0. The zero-order valence-electron chi connectivity index (χ0n) is 19.3. The fraction of sp³-hybridized carbons (Fsp3) is 0.500. The third kappa shape index (κ3) is 5.35. The van der Waals surface area contributed by atoms with Crippen molar-refractivity contribution in [1.29, 1.82) is 0 Å². The largest absolute Gasteiger partial charge is 0.496 e. The van der Waals surface area contributed by atoms with Crippen LogP contribution in [0.25, 0.3) is 0 Å². The molecule has 0 spiro atoms. The Kier molecular flexibility index (Phi) is 7.51. The minimum Gasteiger partial charge on any atom is -0.496 e. The Morgan fingerprint density at radius 2 is 1.65 bits per heavy atom. The van der Waals surface area contributed by atoms with Crippen LogP contribution in [0.1, 0.15) is 50.2 Å². The highest BCUT2D eigenvalue weighted by Crippen LogP contribution is 2.20. The fourth-order valence-corrected chi connectivity index (χ4v) is 4.53. The van der Waals surface area contributed by atoms with Gasteiger partial charge in [-0.2, -0.15) is 0 Å². The molecule has 0 saturated carbocycles. The second-order valence-electron chi connectivity index (χ2n) is 8.44. The number of ether oxygens (including phenoxy) is 2. The van der Waals surface area contributed by atoms with Crippen LogP contribution in [0.3, 0.4) is 0 Å². The first-order chi connectivity index (χ1) is 14.8. The number of carbonyl (C=O) groups is 2. The molecule has 0 aliphatic carbocycles. The standard InChI is InChI=1S/C24H33N3O4/c1-6-31-24(29)23-18(4)25-17(3)22(23)20(28)15-27-11-9-26(10-12-27)14-19-13-16(2)7-8-21(19)30-5/h7-8,13,25H,6,9-12,14-15H2,1-5H3/p+2. The number of aryl methyl sites for hydroxylation is 3. The maximum Gasteiger partial charge on any atom is 0.340 e. The number of H-pyrrole nitrogens is 1. The average Bonchev–Trinajstić information content (AvgIpc) is 3.03. The van der Waals surface area contributed by atoms with E-state index in [2.05, 4.69) is 24.0 Å². The molecule has 0 unspecified atom stereocenters. The molecule has 0 radical (unpaired) electrons. The Hall–Kier alpha value is -2.64. The summed E-state index contributed by atoms with van der Waals surface area (Å²) in [6.07, 6.45) is 0. The van der Waals surface area contributed by atoms with Crippen LogP contribution in [0.4, 0.5) is 0 Å². The van der Waals surface area contributed by atoms with Gasteiger partial charge < -0.3 is 24.3 Å². The lowest BCUT2D eigenvalue weighted by Crippen LogP contribution is -3.27. The molecule has 0 amide bonds. The summed E-state index contributed by atoms with van der Waals surface area (Å²) in [7, 11) is 1.71. The third-order valence-electron chi connectivity index (χ3n) is 6.08. The van der Waals surface area contributed by atoms with E-state index in [1.165, 1.54) is 20.9 Å². The van der Waals surface area contributed by atoms with E-state index < -0.39 is 5.97 Å². The molecular formula is C24H35N3O4+2. The van der Waals surface area contributed by atoms with Crippen molar-refractivity contribution in [3.8, 4) is 5.75 Å². The number of hydrogen-bond acceptors (Lipinski definition) is 4. The van der Waals surface area contributed by atoms with Gasteiger partial charge in [0.2, 0.25) is 5.78 Å². The van der Waals surface area contributed by atoms with Crippen LogP contribution in [0, 0.1) is 20.8 Å². The molecule has 3 rings (SSSR count). The van der Waals surface area contributed by atoms with Crippen LogP contribution in [-0.2, 0) is 11.3 Å². The molecule has 7 nitrogen and oxygen atoms in total. The molecule has 1 saturated heterocycles. The molecule has 2 heterocycles. The number of quaternary nitrogens is 2. The summed E-state index contributed by atoms with van der Waals surface area (Å²) < 4.78 is 10.7. The molecule has 0 bridgehead atoms. The van der Waals surface area contributed by atoms with Gasteiger partial charge in [0, 0.05) is 17.0 Å². The van der Waals surface area contributed by atoms with Gasteiger partial charge >= 0.3 is 5.97 Å². The molecule has 1 aromatic heterocycles. The van der Waals surface area contributed by atoms with Crippen molar-refractivity contribution in [2.45, 2.75) is 34.2 Å². The van der Waals surface area contributed by atoms with Gasteiger partial charge in [-0.15, -0.1) is 0 Å². The number of ketones is 1. The molecule has 168 valence electrons. The molecular weight excluding hydrogens is 394 g/mol. The lowest BCUT2D eigenvalue weighted by molar-refractivity contribution is -1.01. The van der Waals surface area contributed by atoms with Gasteiger partial charge in [-0.05, 0) is 39.8 Å². The summed E-state index contributed by atoms with van der Waals surface area (Å²) in [6.45, 7) is 13.0. The minimum atomic E-state index is -0.427. The Balaban J connectivity index is 1.61. The summed E-state index contributed by atoms with van der Waals surface area (Å²) in [6, 6.07) is 6.30. The predicted molar refractivity (Wildman–Crippen MR) is 118 cm³/mol. The highest BCUT2D eigenvalue weighted by Gasteiger charge is 2.30. The van der Waals surface area contributed by atoms with Crippen LogP contribution >= 0.6 is 0 Å². The van der Waals surface area contributed by atoms with Gasteiger partial charge in [0.1, 0.15) is 45.0 Å². The number of aromatic amines is 1. The SMILES string of the molecule is CCOC(=O)c1c(C)[nH]c(C)c1C(=O)C[NH+]1CC[NH+](Cc2cc(C)ccc2OC)CC1. The third-order valence-corrected chi connectivity index (χ3v) is 6.08. The smallest absolute Gasteiger partial charge is 0.340 e. The molecule has 7 heteroatoms. The number of benzene rings is 1. The lowest BCUT2D eigenvalue weighted by Gasteiger charge is -2.29. The van der Waals surface area contributed by atoms with Gasteiger partial charge in [0.05, 0.1) is 24.8 Å². The van der Waals surface area contributed by atoms with E-state index in [-0.39, 0.29) is 12.4 Å². The number of rotatable bonds is 8. The van der Waals surface area contributed by atoms with Crippen LogP contribution in [-0.4, -0.2) is 63.2 Å². The van der Waals surface area contributed by atoms with E-state index in [1.54, 1.807) is 14.0 Å². The van der Waals surface area contributed by atoms with Crippen molar-refractivity contribution in [3.05, 3.63) is 51.8 Å². The van der Waals surface area contributed by atoms with Gasteiger partial charge in [-0.1, -0.05) is 11.6 Å². The maximum absolute atomic E-state index is 13.1. The molecule has 1 fully saturated rings. The molecule has 0 atom stereocenters. The highest BCUT2D eigenvalue weighted by molar-refractivity contribution is 6.08. The van der Waals surface area contributed by atoms with Gasteiger partial charge in [-0.3, -0.25) is 4.79 Å². The first kappa shape index (κ1) is 23.0. The zero-order valence-corrected chi connectivity index (χ0v) is 19.3. The number of aromatic nitrogens is 1. The predicted octanol–water partition coefficient (Wildman–Crippen LogP) is 0.292. The van der Waals surface area contributed by atoms with E-state index in [0.717, 1.165) is 44.2 Å². The minimum absolute atomic E-state index is 0.00343. The average molecular weight is 430 g/mol. The Bertz CT molecular complexity index is 943. The summed E-state index contributed by atoms with van der Waals surface area (Å²) in [5.41, 5.74) is 4.77. The molecule has 31 heavy (non-hydrogen) atoms. The van der Waals surface area contributed by atoms with Gasteiger partial charge in [-0.25, -0.2) is 4.79 Å². The van der Waals surface area contributed by atoms with Crippen LogP contribution in [0.15, 0.2) is 18.2 Å². The summed E-state index contributed by atoms with van der Waals surface area (Å²) in [5.74, 6) is 0.514. The van der Waals surface area contributed by atoms with Crippen molar-refractivity contribution < 1.29 is 28.9 Å². The fourth-order valence-electron chi connectivity index (χ4n) is 4.53. The van der Waals surface area contributed by atoms with E-state index in [1.807, 2.05) is 19.9 Å². The molecule has 3 N–H and O–H groups in total. The van der Waals surface area contributed by atoms with Gasteiger partial charge in [0.15, 0.2) is 0 Å². The van der Waals surface area contributed by atoms with Crippen LogP contribution in [0.2, 0.25) is 0 Å². The van der Waals surface area contributed by atoms with E-state index in [0.29, 0.717) is 23.4 Å². The number of carbonyl (C=O) groups excluding carboxylic acids is 2. The molecule has 2 aromatic rings. The highest BCUT2D eigenvalue weighted by atomic mass is 16.5.